The third-order valence-corrected chi connectivity index (χ3v) is 9.53. The van der Waals surface area contributed by atoms with Crippen molar-refractivity contribution < 1.29 is 41.7 Å². The summed E-state index contributed by atoms with van der Waals surface area (Å²) in [6.07, 6.45) is -0.160. The Hall–Kier alpha value is -2.08. The van der Waals surface area contributed by atoms with Crippen LogP contribution < -0.4 is 0 Å². The second kappa shape index (κ2) is 6.81. The molecular weight excluding hydrogens is 376 g/mol. The predicted molar refractivity (Wildman–Crippen MR) is 83.7 cm³/mol. The third kappa shape index (κ3) is 2.55. The summed E-state index contributed by atoms with van der Waals surface area (Å²) in [6, 6.07) is 2.86. The molecule has 9 heteroatoms. The summed E-state index contributed by atoms with van der Waals surface area (Å²) in [6.45, 7) is 1.81. The van der Waals surface area contributed by atoms with E-state index in [4.69, 9.17) is 9.47 Å². The van der Waals surface area contributed by atoms with E-state index in [1.165, 1.54) is 24.6 Å². The Morgan fingerprint density at radius 2 is 1.67 bits per heavy atom. The molecule has 0 saturated carbocycles. The Balaban J connectivity index is 4.67. The van der Waals surface area contributed by atoms with Crippen molar-refractivity contribution >= 4 is 39.6 Å². The average molecular weight is 390 g/mol. The van der Waals surface area contributed by atoms with Gasteiger partial charge in [0, 0.05) is 0 Å². The summed E-state index contributed by atoms with van der Waals surface area (Å²) in [7, 11) is -6.00. The molecule has 0 saturated heterocycles. The first-order chi connectivity index (χ1) is 11.4. The second-order valence-electron chi connectivity index (χ2n) is 4.78. The number of carbonyl (C=O) groups excluding carboxylic acids is 5. The third-order valence-electron chi connectivity index (χ3n) is 3.25. The number of methoxy groups -OCH3 is 1. The van der Waals surface area contributed by atoms with E-state index in [0.29, 0.717) is 12.8 Å². The summed E-state index contributed by atoms with van der Waals surface area (Å²) < 4.78 is 14.8. The van der Waals surface area contributed by atoms with E-state index in [-0.39, 0.29) is 4.88 Å². The van der Waals surface area contributed by atoms with Crippen molar-refractivity contribution in [2.45, 2.75) is 26.1 Å². The maximum absolute atomic E-state index is 11.7. The van der Waals surface area contributed by atoms with Crippen LogP contribution in [0.1, 0.15) is 24.6 Å². The van der Waals surface area contributed by atoms with Crippen molar-refractivity contribution in [1.82, 2.24) is 0 Å². The molecule has 1 aromatic heterocycles. The van der Waals surface area contributed by atoms with Crippen LogP contribution in [0, 0.1) is 0 Å². The SMILES string of the molecule is CCCC(OC)O[C](c1cccs1)=[Cr](=[C]=O)(=[C]=O)(=[C]=O)(=[C]=O)=[C]=O. The molecule has 1 rings (SSSR count). The molecule has 7 nitrogen and oxygen atoms in total. The molecule has 0 aliphatic carbocycles. The van der Waals surface area contributed by atoms with Gasteiger partial charge in [-0.2, -0.15) is 0 Å². The van der Waals surface area contributed by atoms with Crippen molar-refractivity contribution in [3.63, 3.8) is 0 Å². The summed E-state index contributed by atoms with van der Waals surface area (Å²) in [4.78, 5) is 58.6. The zero-order valence-electron chi connectivity index (χ0n) is 12.9. The van der Waals surface area contributed by atoms with E-state index in [1.807, 2.05) is 0 Å². The van der Waals surface area contributed by atoms with Gasteiger partial charge in [-0.25, -0.2) is 0 Å². The van der Waals surface area contributed by atoms with Crippen LogP contribution in [-0.2, 0) is 41.7 Å². The first-order valence-electron chi connectivity index (χ1n) is 6.59. The first-order valence-corrected chi connectivity index (χ1v) is 11.3. The van der Waals surface area contributed by atoms with Gasteiger partial charge in [0.2, 0.25) is 0 Å². The maximum atomic E-state index is 11.7. The molecule has 0 fully saturated rings. The van der Waals surface area contributed by atoms with Crippen LogP contribution in [-0.4, -0.2) is 41.7 Å². The molecule has 24 heavy (non-hydrogen) atoms. The number of thiophene rings is 1. The first kappa shape index (κ1) is 20.0. The van der Waals surface area contributed by atoms with Gasteiger partial charge in [-0.3, -0.25) is 0 Å². The summed E-state index contributed by atoms with van der Waals surface area (Å²) in [5.74, 6) is 0. The predicted octanol–water partition coefficient (Wildman–Crippen LogP) is 0.577. The molecule has 1 aromatic rings. The topological polar surface area (TPSA) is 104 Å². The van der Waals surface area contributed by atoms with E-state index in [0.717, 1.165) is 35.1 Å². The molecular formula is C15H14CrO7S. The van der Waals surface area contributed by atoms with Gasteiger partial charge in [-0.05, 0) is 0 Å². The van der Waals surface area contributed by atoms with E-state index >= 15 is 0 Å². The van der Waals surface area contributed by atoms with Crippen LogP contribution in [0.2, 0.25) is 0 Å². The standard InChI is InChI=1S/C10H14O2S.5CO.Cr/c1-3-5-10(11-2)12-8-9-6-4-7-13-9;5*1-2;/h4,6-7,10H,3,5H2,1-2H3;;;;;;. The van der Waals surface area contributed by atoms with Gasteiger partial charge < -0.3 is 0 Å². The molecule has 0 amide bonds. The fourth-order valence-corrected chi connectivity index (χ4v) is 6.01. The number of hydrogen-bond acceptors (Lipinski definition) is 8. The van der Waals surface area contributed by atoms with E-state index in [1.54, 1.807) is 6.92 Å². The van der Waals surface area contributed by atoms with Crippen LogP contribution in [0.4, 0.5) is 0 Å². The molecule has 1 unspecified atom stereocenters. The molecule has 0 bridgehead atoms. The van der Waals surface area contributed by atoms with Crippen molar-refractivity contribution in [3.8, 4) is 0 Å². The van der Waals surface area contributed by atoms with E-state index in [2.05, 4.69) is 0 Å². The van der Waals surface area contributed by atoms with Gasteiger partial charge in [0.1, 0.15) is 0 Å². The Morgan fingerprint density at radius 3 is 2.00 bits per heavy atom. The number of rotatable bonds is 6. The molecule has 1 heterocycles. The fraction of sp³-hybridized carbons (Fsp3) is 0.333. The summed E-state index contributed by atoms with van der Waals surface area (Å²) in [5, 5.41) is 1.53. The fourth-order valence-electron chi connectivity index (χ4n) is 1.76. The molecule has 0 spiro atoms. The Bertz CT molecular complexity index is 1240. The average Bonchev–Trinajstić information content (AvgIpc) is 3.17. The van der Waals surface area contributed by atoms with Crippen LogP contribution in [0.5, 0.6) is 0 Å². The normalized spacial score (nSPS) is 11.6. The van der Waals surface area contributed by atoms with Crippen LogP contribution in [0.15, 0.2) is 17.5 Å². The van der Waals surface area contributed by atoms with E-state index in [9.17, 15) is 24.0 Å². The Labute approximate surface area is 137 Å². The Morgan fingerprint density at radius 1 is 1.12 bits per heavy atom. The van der Waals surface area contributed by atoms with Crippen molar-refractivity contribution in [2.75, 3.05) is 7.11 Å². The van der Waals surface area contributed by atoms with Gasteiger partial charge in [0.25, 0.3) is 0 Å². The molecule has 128 valence electrons. The monoisotopic (exact) mass is 390 g/mol. The molecule has 1 atom stereocenters. The van der Waals surface area contributed by atoms with Gasteiger partial charge in [0.15, 0.2) is 0 Å². The van der Waals surface area contributed by atoms with Crippen LogP contribution >= 0.6 is 11.3 Å². The zero-order valence-corrected chi connectivity index (χ0v) is 15.0. The second-order valence-corrected chi connectivity index (χ2v) is 12.4. The van der Waals surface area contributed by atoms with Gasteiger partial charge in [-0.1, -0.05) is 0 Å². The van der Waals surface area contributed by atoms with Gasteiger partial charge >= 0.3 is 137 Å². The Kier molecular flexibility index (Phi) is 5.67. The molecule has 0 aromatic carbocycles. The zero-order chi connectivity index (χ0) is 18.3. The van der Waals surface area contributed by atoms with Gasteiger partial charge in [-0.15, -0.1) is 0 Å². The summed E-state index contributed by atoms with van der Waals surface area (Å²) >= 11 is 0.932. The minimum absolute atomic E-state index is 0.0184. The number of hydrogen-bond donors (Lipinski definition) is 0. The van der Waals surface area contributed by atoms with E-state index < -0.39 is 19.2 Å². The van der Waals surface area contributed by atoms with Crippen molar-refractivity contribution in [2.24, 2.45) is 0 Å². The minimum atomic E-state index is -7.28. The molecule has 0 radical (unpaired) electrons. The van der Waals surface area contributed by atoms with Crippen molar-refractivity contribution in [1.29, 1.82) is 0 Å². The van der Waals surface area contributed by atoms with Crippen LogP contribution in [0.3, 0.4) is 0 Å². The summed E-state index contributed by atoms with van der Waals surface area (Å²) in [5.41, 5.74) is 0. The van der Waals surface area contributed by atoms with Gasteiger partial charge in [0.05, 0.1) is 0 Å². The number of ether oxygens (including phenoxy) is 2. The van der Waals surface area contributed by atoms with Crippen LogP contribution in [0.25, 0.3) is 0 Å². The quantitative estimate of drug-likeness (QED) is 0.655. The molecule has 0 aliphatic rings. The molecule has 0 N–H and O–H groups in total. The van der Waals surface area contributed by atoms with Crippen molar-refractivity contribution in [3.05, 3.63) is 22.4 Å². The molecule has 0 aliphatic heterocycles.